The van der Waals surface area contributed by atoms with Crippen LogP contribution in [0.15, 0.2) is 48.8 Å². The number of rotatable bonds is 2. The molecule has 0 spiro atoms. The SMILES string of the molecule is O=C(Nc1c(Cl)cccc1Cl)c1cccc2nccn12. The van der Waals surface area contributed by atoms with Crippen molar-refractivity contribution in [1.82, 2.24) is 9.38 Å². The molecule has 0 saturated heterocycles. The second-order valence-corrected chi connectivity index (χ2v) is 4.93. The van der Waals surface area contributed by atoms with Gasteiger partial charge in [-0.3, -0.25) is 9.20 Å². The van der Waals surface area contributed by atoms with E-state index < -0.39 is 0 Å². The van der Waals surface area contributed by atoms with Crippen molar-refractivity contribution in [3.63, 3.8) is 0 Å². The number of nitrogens with zero attached hydrogens (tertiary/aromatic N) is 2. The van der Waals surface area contributed by atoms with E-state index in [9.17, 15) is 4.79 Å². The van der Waals surface area contributed by atoms with Gasteiger partial charge in [-0.15, -0.1) is 0 Å². The summed E-state index contributed by atoms with van der Waals surface area (Å²) in [7, 11) is 0. The maximum atomic E-state index is 12.4. The van der Waals surface area contributed by atoms with Crippen LogP contribution in [0.5, 0.6) is 0 Å². The highest BCUT2D eigenvalue weighted by atomic mass is 35.5. The van der Waals surface area contributed by atoms with E-state index in [0.717, 1.165) is 0 Å². The van der Waals surface area contributed by atoms with E-state index in [1.54, 1.807) is 47.1 Å². The number of aromatic nitrogens is 2. The summed E-state index contributed by atoms with van der Waals surface area (Å²) in [5.41, 5.74) is 1.55. The highest BCUT2D eigenvalue weighted by Gasteiger charge is 2.13. The Balaban J connectivity index is 2.00. The molecule has 3 rings (SSSR count). The quantitative estimate of drug-likeness (QED) is 0.780. The molecule has 0 bridgehead atoms. The van der Waals surface area contributed by atoms with Gasteiger partial charge in [0.25, 0.3) is 5.91 Å². The van der Waals surface area contributed by atoms with E-state index in [0.29, 0.717) is 27.1 Å². The maximum absolute atomic E-state index is 12.4. The summed E-state index contributed by atoms with van der Waals surface area (Å²) in [5, 5.41) is 3.51. The Morgan fingerprint density at radius 1 is 1.10 bits per heavy atom. The predicted octanol–water partition coefficient (Wildman–Crippen LogP) is 3.89. The molecule has 1 N–H and O–H groups in total. The zero-order chi connectivity index (χ0) is 14.1. The summed E-state index contributed by atoms with van der Waals surface area (Å²) in [6.45, 7) is 0. The van der Waals surface area contributed by atoms with Gasteiger partial charge in [0.2, 0.25) is 0 Å². The number of benzene rings is 1. The van der Waals surface area contributed by atoms with Gasteiger partial charge in [-0.2, -0.15) is 0 Å². The zero-order valence-corrected chi connectivity index (χ0v) is 11.7. The Labute approximate surface area is 125 Å². The minimum atomic E-state index is -0.302. The van der Waals surface area contributed by atoms with Crippen LogP contribution in [-0.4, -0.2) is 15.3 Å². The molecule has 2 heterocycles. The number of para-hydroxylation sites is 1. The molecular formula is C14H9Cl2N3O. The number of imidazole rings is 1. The number of hydrogen-bond donors (Lipinski definition) is 1. The van der Waals surface area contributed by atoms with E-state index in [1.165, 1.54) is 0 Å². The first kappa shape index (κ1) is 13.0. The number of hydrogen-bond acceptors (Lipinski definition) is 2. The average Bonchev–Trinajstić information content (AvgIpc) is 2.91. The topological polar surface area (TPSA) is 46.4 Å². The van der Waals surface area contributed by atoms with Crippen LogP contribution >= 0.6 is 23.2 Å². The van der Waals surface area contributed by atoms with Gasteiger partial charge >= 0.3 is 0 Å². The average molecular weight is 306 g/mol. The van der Waals surface area contributed by atoms with E-state index in [1.807, 2.05) is 6.07 Å². The van der Waals surface area contributed by atoms with Crippen molar-refractivity contribution in [3.8, 4) is 0 Å². The molecule has 1 amide bonds. The molecule has 0 atom stereocenters. The first-order chi connectivity index (χ1) is 9.66. The standard InChI is InChI=1S/C14H9Cl2N3O/c15-9-3-1-4-10(16)13(9)18-14(20)11-5-2-6-12-17-7-8-19(11)12/h1-8H,(H,18,20). The number of nitrogens with one attached hydrogen (secondary N) is 1. The van der Waals surface area contributed by atoms with Crippen LogP contribution in [0, 0.1) is 0 Å². The first-order valence-corrected chi connectivity index (χ1v) is 6.60. The summed E-state index contributed by atoms with van der Waals surface area (Å²) in [6, 6.07) is 10.3. The lowest BCUT2D eigenvalue weighted by molar-refractivity contribution is 0.102. The summed E-state index contributed by atoms with van der Waals surface area (Å²) in [5.74, 6) is -0.302. The van der Waals surface area contributed by atoms with Gasteiger partial charge in [-0.05, 0) is 24.3 Å². The minimum Gasteiger partial charge on any atom is -0.318 e. The van der Waals surface area contributed by atoms with Crippen molar-refractivity contribution in [2.24, 2.45) is 0 Å². The number of pyridine rings is 1. The molecule has 0 aliphatic carbocycles. The second-order valence-electron chi connectivity index (χ2n) is 4.12. The fourth-order valence-corrected chi connectivity index (χ4v) is 2.42. The van der Waals surface area contributed by atoms with Gasteiger partial charge in [0.15, 0.2) is 0 Å². The Hall–Kier alpha value is -2.04. The predicted molar refractivity (Wildman–Crippen MR) is 79.6 cm³/mol. The lowest BCUT2D eigenvalue weighted by Gasteiger charge is -2.10. The fourth-order valence-electron chi connectivity index (χ4n) is 1.93. The van der Waals surface area contributed by atoms with Crippen LogP contribution < -0.4 is 5.32 Å². The highest BCUT2D eigenvalue weighted by molar-refractivity contribution is 6.40. The Morgan fingerprint density at radius 2 is 1.80 bits per heavy atom. The smallest absolute Gasteiger partial charge is 0.272 e. The summed E-state index contributed by atoms with van der Waals surface area (Å²) in [4.78, 5) is 16.5. The molecule has 0 saturated carbocycles. The lowest BCUT2D eigenvalue weighted by Crippen LogP contribution is -2.16. The molecular weight excluding hydrogens is 297 g/mol. The molecule has 100 valence electrons. The molecule has 0 aliphatic heterocycles. The highest BCUT2D eigenvalue weighted by Crippen LogP contribution is 2.30. The van der Waals surface area contributed by atoms with E-state index in [4.69, 9.17) is 23.2 Å². The first-order valence-electron chi connectivity index (χ1n) is 5.84. The number of halogens is 2. The number of anilines is 1. The van der Waals surface area contributed by atoms with Crippen LogP contribution in [0.4, 0.5) is 5.69 Å². The van der Waals surface area contributed by atoms with Gasteiger partial charge in [0.05, 0.1) is 15.7 Å². The largest absolute Gasteiger partial charge is 0.318 e. The van der Waals surface area contributed by atoms with Gasteiger partial charge in [-0.1, -0.05) is 35.3 Å². The number of carbonyl (C=O) groups excluding carboxylic acids is 1. The normalized spacial score (nSPS) is 10.7. The van der Waals surface area contributed by atoms with Crippen molar-refractivity contribution in [3.05, 3.63) is 64.5 Å². The Morgan fingerprint density at radius 3 is 2.55 bits per heavy atom. The number of amides is 1. The van der Waals surface area contributed by atoms with Crippen LogP contribution in [-0.2, 0) is 0 Å². The van der Waals surface area contributed by atoms with E-state index in [-0.39, 0.29) is 5.91 Å². The monoisotopic (exact) mass is 305 g/mol. The van der Waals surface area contributed by atoms with Gasteiger partial charge in [-0.25, -0.2) is 4.98 Å². The zero-order valence-electron chi connectivity index (χ0n) is 10.2. The van der Waals surface area contributed by atoms with Crippen LogP contribution in [0.25, 0.3) is 5.65 Å². The summed E-state index contributed by atoms with van der Waals surface area (Å²) >= 11 is 12.1. The fraction of sp³-hybridized carbons (Fsp3) is 0. The number of fused-ring (bicyclic) bond motifs is 1. The van der Waals surface area contributed by atoms with E-state index in [2.05, 4.69) is 10.3 Å². The second kappa shape index (κ2) is 5.15. The van der Waals surface area contributed by atoms with Crippen molar-refractivity contribution >= 4 is 40.4 Å². The lowest BCUT2D eigenvalue weighted by atomic mass is 10.3. The third-order valence-electron chi connectivity index (χ3n) is 2.86. The molecule has 0 fully saturated rings. The van der Waals surface area contributed by atoms with Crippen molar-refractivity contribution in [1.29, 1.82) is 0 Å². The third-order valence-corrected chi connectivity index (χ3v) is 3.49. The van der Waals surface area contributed by atoms with Crippen molar-refractivity contribution in [2.75, 3.05) is 5.32 Å². The molecule has 6 heteroatoms. The Bertz CT molecular complexity index is 778. The van der Waals surface area contributed by atoms with Crippen molar-refractivity contribution in [2.45, 2.75) is 0 Å². The van der Waals surface area contributed by atoms with Gasteiger partial charge < -0.3 is 5.32 Å². The van der Waals surface area contributed by atoms with Gasteiger partial charge in [0, 0.05) is 12.4 Å². The molecule has 3 aromatic rings. The van der Waals surface area contributed by atoms with Crippen LogP contribution in [0.3, 0.4) is 0 Å². The Kier molecular flexibility index (Phi) is 3.34. The minimum absolute atomic E-state index is 0.302. The van der Waals surface area contributed by atoms with Gasteiger partial charge in [0.1, 0.15) is 11.3 Å². The molecule has 0 aliphatic rings. The van der Waals surface area contributed by atoms with Crippen molar-refractivity contribution < 1.29 is 4.79 Å². The number of carbonyl (C=O) groups is 1. The van der Waals surface area contributed by atoms with Crippen LogP contribution in [0.1, 0.15) is 10.5 Å². The molecule has 20 heavy (non-hydrogen) atoms. The van der Waals surface area contributed by atoms with E-state index >= 15 is 0 Å². The molecule has 2 aromatic heterocycles. The van der Waals surface area contributed by atoms with Crippen LogP contribution in [0.2, 0.25) is 10.0 Å². The molecule has 4 nitrogen and oxygen atoms in total. The molecule has 1 aromatic carbocycles. The molecule has 0 unspecified atom stereocenters. The molecule has 0 radical (unpaired) electrons. The summed E-state index contributed by atoms with van der Waals surface area (Å²) < 4.78 is 1.69. The summed E-state index contributed by atoms with van der Waals surface area (Å²) in [6.07, 6.45) is 3.35. The third kappa shape index (κ3) is 2.24. The maximum Gasteiger partial charge on any atom is 0.272 e.